The van der Waals surface area contributed by atoms with E-state index in [1.807, 2.05) is 65.2 Å². The molecule has 0 fully saturated rings. The maximum Gasteiger partial charge on any atom is 0.268 e. The van der Waals surface area contributed by atoms with E-state index in [-0.39, 0.29) is 11.8 Å². The summed E-state index contributed by atoms with van der Waals surface area (Å²) in [6, 6.07) is 19.9. The third kappa shape index (κ3) is 5.92. The van der Waals surface area contributed by atoms with Crippen LogP contribution in [0.3, 0.4) is 0 Å². The Hall–Kier alpha value is -3.71. The number of aromatic nitrogens is 3. The highest BCUT2D eigenvalue weighted by Crippen LogP contribution is 2.19. The van der Waals surface area contributed by atoms with E-state index >= 15 is 0 Å². The highest BCUT2D eigenvalue weighted by Gasteiger charge is 2.13. The minimum atomic E-state index is -0.538. The number of fused-ring (bicyclic) bond motifs is 1. The van der Waals surface area contributed by atoms with Crippen molar-refractivity contribution in [1.29, 1.82) is 0 Å². The predicted molar refractivity (Wildman–Crippen MR) is 122 cm³/mol. The number of hydrogen-bond acceptors (Lipinski definition) is 5. The molecule has 0 radical (unpaired) electrons. The lowest BCUT2D eigenvalue weighted by molar-refractivity contribution is 0.0203. The van der Waals surface area contributed by atoms with E-state index < -0.39 is 5.91 Å². The molecule has 7 nitrogen and oxygen atoms in total. The van der Waals surface area contributed by atoms with Gasteiger partial charge in [-0.15, -0.1) is 0 Å². The minimum Gasteiger partial charge on any atom is -0.494 e. The van der Waals surface area contributed by atoms with Crippen LogP contribution < -0.4 is 10.5 Å². The summed E-state index contributed by atoms with van der Waals surface area (Å²) in [5.41, 5.74) is 7.63. The molecule has 2 heterocycles. The Balaban J connectivity index is 1.33. The summed E-state index contributed by atoms with van der Waals surface area (Å²) in [4.78, 5) is 19.7. The highest BCUT2D eigenvalue weighted by molar-refractivity contribution is 5.90. The third-order valence-corrected chi connectivity index (χ3v) is 5.14. The number of hydrogen-bond donors (Lipinski definition) is 1. The number of nitrogens with zero attached hydrogens (tertiary/aromatic N) is 3. The van der Waals surface area contributed by atoms with Gasteiger partial charge in [0.15, 0.2) is 0 Å². The van der Waals surface area contributed by atoms with Crippen molar-refractivity contribution in [3.63, 3.8) is 0 Å². The van der Waals surface area contributed by atoms with Gasteiger partial charge >= 0.3 is 0 Å². The van der Waals surface area contributed by atoms with Gasteiger partial charge in [-0.25, -0.2) is 4.98 Å². The van der Waals surface area contributed by atoms with E-state index in [4.69, 9.17) is 15.2 Å². The molecule has 0 bridgehead atoms. The number of pyridine rings is 1. The van der Waals surface area contributed by atoms with Crippen molar-refractivity contribution in [2.75, 3.05) is 6.61 Å². The molecular weight excluding hydrogens is 404 g/mol. The number of carbonyl (C=O) groups is 1. The smallest absolute Gasteiger partial charge is 0.268 e. The van der Waals surface area contributed by atoms with Gasteiger partial charge in [-0.3, -0.25) is 9.78 Å². The summed E-state index contributed by atoms with van der Waals surface area (Å²) < 4.78 is 14.0. The fourth-order valence-corrected chi connectivity index (χ4v) is 3.48. The molecular formula is C25H26N4O3. The van der Waals surface area contributed by atoms with Crippen LogP contribution in [0.1, 0.15) is 28.9 Å². The van der Waals surface area contributed by atoms with Gasteiger partial charge in [-0.05, 0) is 42.7 Å². The summed E-state index contributed by atoms with van der Waals surface area (Å²) in [6.07, 6.45) is 6.60. The Kier molecular flexibility index (Phi) is 7.09. The van der Waals surface area contributed by atoms with Gasteiger partial charge in [-0.1, -0.05) is 36.4 Å². The summed E-state index contributed by atoms with van der Waals surface area (Å²) in [7, 11) is 0. The molecule has 0 spiro atoms. The van der Waals surface area contributed by atoms with Crippen LogP contribution in [0.15, 0.2) is 79.4 Å². The fraction of sp³-hybridized carbons (Fsp3) is 0.240. The number of rotatable bonds is 11. The van der Waals surface area contributed by atoms with Crippen molar-refractivity contribution in [3.8, 4) is 5.75 Å². The molecule has 2 N–H and O–H groups in total. The summed E-state index contributed by atoms with van der Waals surface area (Å²) in [5.74, 6) is 0.289. The standard InChI is InChI=1S/C25H26N4O3/c26-25(30)24-16-29(18-28-24)15-22(32-17-19-6-2-1-3-7-19)9-5-13-31-21-10-11-23-20(14-21)8-4-12-27-23/h1-4,6-8,10-12,14,16,18,22H,5,9,13,15,17H2,(H2,26,30). The molecule has 7 heteroatoms. The lowest BCUT2D eigenvalue weighted by Crippen LogP contribution is -2.21. The molecule has 0 aliphatic rings. The number of nitrogens with two attached hydrogens (primary N) is 1. The van der Waals surface area contributed by atoms with E-state index in [2.05, 4.69) is 9.97 Å². The summed E-state index contributed by atoms with van der Waals surface area (Å²) in [6.45, 7) is 1.67. The second-order valence-electron chi connectivity index (χ2n) is 7.59. The predicted octanol–water partition coefficient (Wildman–Crippen LogP) is 3.97. The maximum atomic E-state index is 11.3. The van der Waals surface area contributed by atoms with Gasteiger partial charge < -0.3 is 19.8 Å². The first kappa shape index (κ1) is 21.5. The second kappa shape index (κ2) is 10.5. The average molecular weight is 431 g/mol. The quantitative estimate of drug-likeness (QED) is 0.364. The first-order valence-corrected chi connectivity index (χ1v) is 10.6. The van der Waals surface area contributed by atoms with E-state index in [0.29, 0.717) is 19.8 Å². The molecule has 0 aliphatic carbocycles. The van der Waals surface area contributed by atoms with E-state index in [0.717, 1.165) is 35.1 Å². The first-order valence-electron chi connectivity index (χ1n) is 10.6. The molecule has 164 valence electrons. The van der Waals surface area contributed by atoms with Crippen LogP contribution in [0.5, 0.6) is 5.75 Å². The molecule has 4 rings (SSSR count). The lowest BCUT2D eigenvalue weighted by Gasteiger charge is -2.19. The van der Waals surface area contributed by atoms with Crippen LogP contribution in [0.25, 0.3) is 10.9 Å². The number of ether oxygens (including phenoxy) is 2. The number of imidazole rings is 1. The van der Waals surface area contributed by atoms with Crippen LogP contribution >= 0.6 is 0 Å². The van der Waals surface area contributed by atoms with Crippen LogP contribution in [0.4, 0.5) is 0 Å². The number of primary amides is 1. The van der Waals surface area contributed by atoms with Crippen LogP contribution in [-0.2, 0) is 17.9 Å². The molecule has 4 aromatic rings. The van der Waals surface area contributed by atoms with Gasteiger partial charge in [0.25, 0.3) is 5.91 Å². The zero-order chi connectivity index (χ0) is 22.2. The molecule has 2 aromatic heterocycles. The van der Waals surface area contributed by atoms with Gasteiger partial charge in [0.2, 0.25) is 0 Å². The van der Waals surface area contributed by atoms with Gasteiger partial charge in [0.1, 0.15) is 11.4 Å². The SMILES string of the molecule is NC(=O)c1cn(CC(CCCOc2ccc3ncccc3c2)OCc2ccccc2)cn1. The van der Waals surface area contributed by atoms with Gasteiger partial charge in [-0.2, -0.15) is 0 Å². The fourth-order valence-electron chi connectivity index (χ4n) is 3.48. The van der Waals surface area contributed by atoms with Crippen LogP contribution in [0, 0.1) is 0 Å². The lowest BCUT2D eigenvalue weighted by atomic mass is 10.2. The van der Waals surface area contributed by atoms with Crippen molar-refractivity contribution in [3.05, 3.63) is 90.6 Å². The molecule has 1 atom stereocenters. The van der Waals surface area contributed by atoms with Crippen LogP contribution in [0.2, 0.25) is 0 Å². The molecule has 0 aliphatic heterocycles. The van der Waals surface area contributed by atoms with Crippen molar-refractivity contribution < 1.29 is 14.3 Å². The topological polar surface area (TPSA) is 92.3 Å². The molecule has 0 saturated heterocycles. The van der Waals surface area contributed by atoms with E-state index in [1.165, 1.54) is 0 Å². The summed E-state index contributed by atoms with van der Waals surface area (Å²) in [5, 5.41) is 1.06. The van der Waals surface area contributed by atoms with Crippen molar-refractivity contribution in [2.24, 2.45) is 5.73 Å². The van der Waals surface area contributed by atoms with E-state index in [9.17, 15) is 4.79 Å². The van der Waals surface area contributed by atoms with Crippen LogP contribution in [-0.4, -0.2) is 33.2 Å². The first-order chi connectivity index (χ1) is 15.7. The normalized spacial score (nSPS) is 12.0. The van der Waals surface area contributed by atoms with Gasteiger partial charge in [0.05, 0.1) is 31.2 Å². The Labute approximate surface area is 186 Å². The number of benzene rings is 2. The average Bonchev–Trinajstić information content (AvgIpc) is 3.29. The monoisotopic (exact) mass is 430 g/mol. The van der Waals surface area contributed by atoms with E-state index in [1.54, 1.807) is 18.7 Å². The number of carbonyl (C=O) groups excluding carboxylic acids is 1. The van der Waals surface area contributed by atoms with Crippen molar-refractivity contribution >= 4 is 16.8 Å². The molecule has 0 saturated carbocycles. The molecule has 1 amide bonds. The van der Waals surface area contributed by atoms with Crippen molar-refractivity contribution in [1.82, 2.24) is 14.5 Å². The Morgan fingerprint density at radius 3 is 2.75 bits per heavy atom. The summed E-state index contributed by atoms with van der Waals surface area (Å²) >= 11 is 0. The molecule has 32 heavy (non-hydrogen) atoms. The minimum absolute atomic E-state index is 0.0606. The largest absolute Gasteiger partial charge is 0.494 e. The molecule has 1 unspecified atom stereocenters. The van der Waals surface area contributed by atoms with Gasteiger partial charge in [0, 0.05) is 24.3 Å². The Morgan fingerprint density at radius 2 is 1.94 bits per heavy atom. The zero-order valence-corrected chi connectivity index (χ0v) is 17.8. The van der Waals surface area contributed by atoms with Crippen molar-refractivity contribution in [2.45, 2.75) is 32.1 Å². The molecule has 2 aromatic carbocycles. The highest BCUT2D eigenvalue weighted by atomic mass is 16.5. The number of amides is 1. The second-order valence-corrected chi connectivity index (χ2v) is 7.59. The third-order valence-electron chi connectivity index (χ3n) is 5.14. The maximum absolute atomic E-state index is 11.3. The Bertz CT molecular complexity index is 1160. The Morgan fingerprint density at radius 1 is 1.06 bits per heavy atom. The zero-order valence-electron chi connectivity index (χ0n) is 17.8.